The Bertz CT molecular complexity index is 1150. The van der Waals surface area contributed by atoms with Crippen LogP contribution in [0.25, 0.3) is 10.2 Å². The number of anilines is 3. The molecule has 1 atom stereocenters. The molecule has 0 bridgehead atoms. The Morgan fingerprint density at radius 3 is 3.10 bits per heavy atom. The Morgan fingerprint density at radius 1 is 1.32 bits per heavy atom. The van der Waals surface area contributed by atoms with Gasteiger partial charge in [0.1, 0.15) is 18.0 Å². The monoisotopic (exact) mass is 431 g/mol. The molecule has 0 saturated carbocycles. The minimum absolute atomic E-state index is 0.0568. The number of hydrogen-bond acceptors (Lipinski definition) is 7. The van der Waals surface area contributed by atoms with Crippen LogP contribution in [-0.2, 0) is 6.42 Å². The maximum Gasteiger partial charge on any atom is 0.317 e. The van der Waals surface area contributed by atoms with Crippen LogP contribution in [0.3, 0.4) is 0 Å². The largest absolute Gasteiger partial charge is 0.363 e. The van der Waals surface area contributed by atoms with Crippen molar-refractivity contribution in [2.45, 2.75) is 25.2 Å². The minimum atomic E-state index is -0.0568. The first kappa shape index (κ1) is 19.8. The number of urea groups is 1. The highest BCUT2D eigenvalue weighted by atomic mass is 32.1. The fraction of sp³-hybridized carbons (Fsp3) is 0.333. The summed E-state index contributed by atoms with van der Waals surface area (Å²) in [7, 11) is 5.46. The molecular weight excluding hydrogens is 409 g/mol. The van der Waals surface area contributed by atoms with Gasteiger partial charge in [-0.15, -0.1) is 11.3 Å². The van der Waals surface area contributed by atoms with Gasteiger partial charge in [0, 0.05) is 37.3 Å². The van der Waals surface area contributed by atoms with E-state index in [2.05, 4.69) is 43.0 Å². The summed E-state index contributed by atoms with van der Waals surface area (Å²) in [6.45, 7) is 1.80. The Morgan fingerprint density at radius 2 is 2.26 bits per heavy atom. The number of fused-ring (bicyclic) bond motifs is 2. The van der Waals surface area contributed by atoms with Gasteiger partial charge in [-0.05, 0) is 30.2 Å². The normalized spacial score (nSPS) is 17.7. The Hall–Kier alpha value is -3.14. The smallest absolute Gasteiger partial charge is 0.317 e. The maximum atomic E-state index is 12.1. The van der Waals surface area contributed by atoms with E-state index in [0.29, 0.717) is 26.0 Å². The van der Waals surface area contributed by atoms with E-state index in [9.17, 15) is 4.79 Å². The second-order valence-corrected chi connectivity index (χ2v) is 8.49. The highest BCUT2D eigenvalue weighted by Crippen LogP contribution is 2.34. The van der Waals surface area contributed by atoms with Crippen LogP contribution in [0.4, 0.5) is 22.1 Å². The van der Waals surface area contributed by atoms with Crippen molar-refractivity contribution < 1.29 is 4.79 Å². The van der Waals surface area contributed by atoms with Crippen LogP contribution in [-0.4, -0.2) is 59.4 Å². The lowest BCUT2D eigenvalue weighted by Gasteiger charge is -2.29. The molecule has 4 heterocycles. The standard InChI is InChI=1S/C21H22BN7OS/c22-5-6-23-21(30)29-7-3-13(4-8-29)17-10-15-19(24-11-25-20(15)28-17)27-14-1-2-16-18(9-14)31-12-26-16/h1-3,9,11-12,17H,4-8,10H2,(H,23,30)(H2,24,25,27,28). The van der Waals surface area contributed by atoms with E-state index in [0.717, 1.165) is 45.9 Å². The van der Waals surface area contributed by atoms with Gasteiger partial charge in [0.05, 0.1) is 29.6 Å². The van der Waals surface area contributed by atoms with Crippen molar-refractivity contribution in [1.82, 2.24) is 25.2 Å². The van der Waals surface area contributed by atoms with Crippen LogP contribution in [0, 0.1) is 0 Å². The molecule has 0 fully saturated rings. The topological polar surface area (TPSA) is 95.1 Å². The van der Waals surface area contributed by atoms with Crippen LogP contribution in [0.1, 0.15) is 12.0 Å². The molecule has 1 aromatic carbocycles. The number of thiazole rings is 1. The molecule has 1 unspecified atom stereocenters. The number of carbonyl (C=O) groups excluding carboxylic acids is 1. The molecule has 31 heavy (non-hydrogen) atoms. The average molecular weight is 431 g/mol. The molecule has 8 nitrogen and oxygen atoms in total. The van der Waals surface area contributed by atoms with Gasteiger partial charge in [0.15, 0.2) is 0 Å². The molecule has 3 aromatic rings. The summed E-state index contributed by atoms with van der Waals surface area (Å²) in [4.78, 5) is 27.2. The van der Waals surface area contributed by atoms with E-state index in [-0.39, 0.29) is 12.1 Å². The Kier molecular flexibility index (Phi) is 5.46. The molecule has 2 aliphatic heterocycles. The van der Waals surface area contributed by atoms with E-state index in [4.69, 9.17) is 7.85 Å². The first-order chi connectivity index (χ1) is 15.2. The number of benzene rings is 1. The molecule has 3 N–H and O–H groups in total. The quantitative estimate of drug-likeness (QED) is 0.425. The van der Waals surface area contributed by atoms with E-state index in [1.165, 1.54) is 5.57 Å². The fourth-order valence-electron chi connectivity index (χ4n) is 4.03. The maximum absolute atomic E-state index is 12.1. The molecule has 2 radical (unpaired) electrons. The molecular formula is C21H22BN7OS. The van der Waals surface area contributed by atoms with Gasteiger partial charge in [-0.2, -0.15) is 0 Å². The lowest BCUT2D eigenvalue weighted by atomic mass is 9.97. The van der Waals surface area contributed by atoms with Crippen molar-refractivity contribution in [1.29, 1.82) is 0 Å². The molecule has 5 rings (SSSR count). The van der Waals surface area contributed by atoms with Crippen molar-refractivity contribution in [3.63, 3.8) is 0 Å². The van der Waals surface area contributed by atoms with Crippen LogP contribution >= 0.6 is 11.3 Å². The predicted molar refractivity (Wildman–Crippen MR) is 124 cm³/mol. The van der Waals surface area contributed by atoms with Gasteiger partial charge in [-0.25, -0.2) is 19.7 Å². The highest BCUT2D eigenvalue weighted by Gasteiger charge is 2.29. The first-order valence-electron chi connectivity index (χ1n) is 10.3. The van der Waals surface area contributed by atoms with E-state index in [1.54, 1.807) is 17.7 Å². The molecule has 0 spiro atoms. The van der Waals surface area contributed by atoms with Crippen LogP contribution in [0.5, 0.6) is 0 Å². The van der Waals surface area contributed by atoms with Crippen LogP contribution in [0.15, 0.2) is 41.7 Å². The SMILES string of the molecule is [B]CCNC(=O)N1CC=C(C2Cc3c(Nc4ccc5ncsc5c4)ncnc3N2)CC1. The van der Waals surface area contributed by atoms with Gasteiger partial charge >= 0.3 is 6.03 Å². The van der Waals surface area contributed by atoms with Gasteiger partial charge in [-0.1, -0.05) is 12.4 Å². The third-order valence-electron chi connectivity index (χ3n) is 5.66. The second-order valence-electron chi connectivity index (χ2n) is 7.61. The molecule has 2 aromatic heterocycles. The number of nitrogens with one attached hydrogen (secondary N) is 3. The average Bonchev–Trinajstić information content (AvgIpc) is 3.45. The molecule has 2 aliphatic rings. The summed E-state index contributed by atoms with van der Waals surface area (Å²) in [5, 5.41) is 9.81. The van der Waals surface area contributed by atoms with Crippen molar-refractivity contribution in [3.8, 4) is 0 Å². The summed E-state index contributed by atoms with van der Waals surface area (Å²) in [5.74, 6) is 1.69. The third-order valence-corrected chi connectivity index (χ3v) is 6.45. The van der Waals surface area contributed by atoms with Crippen molar-refractivity contribution >= 4 is 52.8 Å². The zero-order valence-corrected chi connectivity index (χ0v) is 17.8. The summed E-state index contributed by atoms with van der Waals surface area (Å²) in [5.41, 5.74) is 6.22. The lowest BCUT2D eigenvalue weighted by molar-refractivity contribution is 0.202. The fourth-order valence-corrected chi connectivity index (χ4v) is 4.74. The molecule has 0 aliphatic carbocycles. The summed E-state index contributed by atoms with van der Waals surface area (Å²) in [6.07, 6.45) is 5.82. The molecule has 156 valence electrons. The lowest BCUT2D eigenvalue weighted by Crippen LogP contribution is -2.43. The van der Waals surface area contributed by atoms with Gasteiger partial charge in [-0.3, -0.25) is 0 Å². The Balaban J connectivity index is 1.28. The van der Waals surface area contributed by atoms with Gasteiger partial charge in [0.2, 0.25) is 0 Å². The number of hydrogen-bond donors (Lipinski definition) is 3. The number of aromatic nitrogens is 3. The number of nitrogens with zero attached hydrogens (tertiary/aromatic N) is 4. The summed E-state index contributed by atoms with van der Waals surface area (Å²) in [6, 6.07) is 6.24. The number of rotatable bonds is 5. The van der Waals surface area contributed by atoms with Crippen LogP contribution in [0.2, 0.25) is 6.32 Å². The minimum Gasteiger partial charge on any atom is -0.363 e. The predicted octanol–water partition coefficient (Wildman–Crippen LogP) is 3.10. The number of amides is 2. The third kappa shape index (κ3) is 4.07. The summed E-state index contributed by atoms with van der Waals surface area (Å²) >= 11 is 1.62. The summed E-state index contributed by atoms with van der Waals surface area (Å²) < 4.78 is 1.14. The van der Waals surface area contributed by atoms with Gasteiger partial charge < -0.3 is 20.9 Å². The number of carbonyl (C=O) groups is 1. The van der Waals surface area contributed by atoms with Crippen molar-refractivity contribution in [2.75, 3.05) is 30.3 Å². The molecule has 2 amide bonds. The first-order valence-corrected chi connectivity index (χ1v) is 11.2. The Labute approximate surface area is 185 Å². The zero-order valence-electron chi connectivity index (χ0n) is 17.0. The van der Waals surface area contributed by atoms with E-state index >= 15 is 0 Å². The molecule has 0 saturated heterocycles. The van der Waals surface area contributed by atoms with Crippen molar-refractivity contribution in [3.05, 3.63) is 47.2 Å². The highest BCUT2D eigenvalue weighted by molar-refractivity contribution is 7.16. The van der Waals surface area contributed by atoms with Crippen molar-refractivity contribution in [2.24, 2.45) is 0 Å². The van der Waals surface area contributed by atoms with Crippen LogP contribution < -0.4 is 16.0 Å². The van der Waals surface area contributed by atoms with Gasteiger partial charge in [0.25, 0.3) is 0 Å². The molecule has 10 heteroatoms. The zero-order chi connectivity index (χ0) is 21.2. The van der Waals surface area contributed by atoms with E-state index in [1.807, 2.05) is 22.5 Å². The van der Waals surface area contributed by atoms with E-state index < -0.39 is 0 Å². The second kappa shape index (κ2) is 8.54.